The van der Waals surface area contributed by atoms with Crippen LogP contribution in [0.2, 0.25) is 0 Å². The molecule has 26 heavy (non-hydrogen) atoms. The van der Waals surface area contributed by atoms with E-state index in [9.17, 15) is 14.4 Å². The van der Waals surface area contributed by atoms with Crippen LogP contribution in [0.25, 0.3) is 10.9 Å². The summed E-state index contributed by atoms with van der Waals surface area (Å²) in [5.41, 5.74) is 1.39. The molecule has 2 amide bonds. The third-order valence-corrected chi connectivity index (χ3v) is 4.82. The van der Waals surface area contributed by atoms with Gasteiger partial charge in [-0.05, 0) is 44.0 Å². The maximum atomic E-state index is 12.3. The van der Waals surface area contributed by atoms with Gasteiger partial charge in [-0.1, -0.05) is 12.8 Å². The van der Waals surface area contributed by atoms with Crippen LogP contribution in [0, 0.1) is 5.92 Å². The van der Waals surface area contributed by atoms with Crippen LogP contribution in [0.3, 0.4) is 0 Å². The number of aliphatic carboxylic acids is 1. The molecule has 7 heteroatoms. The molecule has 1 aliphatic rings. The summed E-state index contributed by atoms with van der Waals surface area (Å²) in [6, 6.07) is 6.48. The van der Waals surface area contributed by atoms with E-state index in [1.807, 2.05) is 0 Å². The molecule has 7 nitrogen and oxygen atoms in total. The molecule has 2 aromatic rings. The molecule has 0 radical (unpaired) electrons. The van der Waals surface area contributed by atoms with Gasteiger partial charge in [0.15, 0.2) is 0 Å². The van der Waals surface area contributed by atoms with E-state index in [0.717, 1.165) is 36.6 Å². The maximum absolute atomic E-state index is 12.3. The summed E-state index contributed by atoms with van der Waals surface area (Å²) in [5.74, 6) is -1.21. The summed E-state index contributed by atoms with van der Waals surface area (Å²) in [6.07, 6.45) is 5.63. The molecule has 1 unspecified atom stereocenters. The number of carbonyl (C=O) groups is 3. The minimum absolute atomic E-state index is 0.0237. The normalized spacial score (nSPS) is 15.7. The number of benzene rings is 1. The van der Waals surface area contributed by atoms with Crippen LogP contribution >= 0.6 is 0 Å². The molecule has 1 heterocycles. The van der Waals surface area contributed by atoms with Gasteiger partial charge in [0.2, 0.25) is 11.8 Å². The lowest BCUT2D eigenvalue weighted by Crippen LogP contribution is -2.43. The third-order valence-electron chi connectivity index (χ3n) is 4.82. The molecule has 1 atom stereocenters. The molecule has 1 fully saturated rings. The standard InChI is InChI=1S/C19H23N3O4/c1-12(20-19(26)13-4-2-3-5-13)18(25)21-15-6-7-16-14(10-15)8-9-22(16)11-17(23)24/h6-10,12-13H,2-5,11H2,1H3,(H,20,26)(H,21,25)(H,23,24). The number of rotatable bonds is 6. The fraction of sp³-hybridized carbons (Fsp3) is 0.421. The van der Waals surface area contributed by atoms with Crippen molar-refractivity contribution in [2.75, 3.05) is 5.32 Å². The topological polar surface area (TPSA) is 100 Å². The van der Waals surface area contributed by atoms with Crippen LogP contribution < -0.4 is 10.6 Å². The highest BCUT2D eigenvalue weighted by molar-refractivity contribution is 5.98. The van der Waals surface area contributed by atoms with Crippen molar-refractivity contribution in [2.45, 2.75) is 45.2 Å². The quantitative estimate of drug-likeness (QED) is 0.739. The summed E-state index contributed by atoms with van der Waals surface area (Å²) >= 11 is 0. The predicted octanol–water partition coefficient (Wildman–Crippen LogP) is 2.36. The Bertz CT molecular complexity index is 836. The van der Waals surface area contributed by atoms with Gasteiger partial charge < -0.3 is 20.3 Å². The van der Waals surface area contributed by atoms with Gasteiger partial charge >= 0.3 is 5.97 Å². The minimum atomic E-state index is -0.910. The van der Waals surface area contributed by atoms with Crippen LogP contribution in [0.5, 0.6) is 0 Å². The molecule has 1 aromatic heterocycles. The smallest absolute Gasteiger partial charge is 0.323 e. The van der Waals surface area contributed by atoms with Crippen LogP contribution in [-0.2, 0) is 20.9 Å². The zero-order chi connectivity index (χ0) is 18.7. The van der Waals surface area contributed by atoms with Gasteiger partial charge in [0.1, 0.15) is 12.6 Å². The maximum Gasteiger partial charge on any atom is 0.323 e. The number of carboxylic acids is 1. The van der Waals surface area contributed by atoms with Crippen LogP contribution in [0.15, 0.2) is 30.5 Å². The van der Waals surface area contributed by atoms with E-state index in [4.69, 9.17) is 5.11 Å². The van der Waals surface area contributed by atoms with Crippen molar-refractivity contribution in [1.29, 1.82) is 0 Å². The van der Waals surface area contributed by atoms with Gasteiger partial charge in [-0.3, -0.25) is 14.4 Å². The van der Waals surface area contributed by atoms with Crippen molar-refractivity contribution >= 4 is 34.4 Å². The monoisotopic (exact) mass is 357 g/mol. The Labute approximate surface area is 151 Å². The van der Waals surface area contributed by atoms with Gasteiger partial charge in [0.25, 0.3) is 0 Å². The molecule has 0 aliphatic heterocycles. The lowest BCUT2D eigenvalue weighted by molar-refractivity contribution is -0.137. The number of hydrogen-bond donors (Lipinski definition) is 3. The molecule has 0 saturated heterocycles. The Kier molecular flexibility index (Phi) is 5.25. The van der Waals surface area contributed by atoms with Crippen molar-refractivity contribution in [1.82, 2.24) is 9.88 Å². The van der Waals surface area contributed by atoms with Crippen LogP contribution in [-0.4, -0.2) is 33.5 Å². The molecule has 3 rings (SSSR count). The summed E-state index contributed by atoms with van der Waals surface area (Å²) in [7, 11) is 0. The highest BCUT2D eigenvalue weighted by atomic mass is 16.4. The summed E-state index contributed by atoms with van der Waals surface area (Å²) in [5, 5.41) is 15.3. The number of carboxylic acid groups (broad SMARTS) is 1. The van der Waals surface area contributed by atoms with Crippen molar-refractivity contribution in [2.24, 2.45) is 5.92 Å². The minimum Gasteiger partial charge on any atom is -0.480 e. The highest BCUT2D eigenvalue weighted by Gasteiger charge is 2.25. The van der Waals surface area contributed by atoms with Crippen molar-refractivity contribution in [3.05, 3.63) is 30.5 Å². The van der Waals surface area contributed by atoms with E-state index < -0.39 is 12.0 Å². The predicted molar refractivity (Wildman–Crippen MR) is 97.8 cm³/mol. The first-order chi connectivity index (χ1) is 12.4. The summed E-state index contributed by atoms with van der Waals surface area (Å²) < 4.78 is 1.63. The fourth-order valence-corrected chi connectivity index (χ4v) is 3.40. The number of hydrogen-bond acceptors (Lipinski definition) is 3. The Morgan fingerprint density at radius 1 is 1.23 bits per heavy atom. The highest BCUT2D eigenvalue weighted by Crippen LogP contribution is 2.25. The first-order valence-corrected chi connectivity index (χ1v) is 8.86. The Morgan fingerprint density at radius 2 is 1.96 bits per heavy atom. The molecule has 1 aliphatic carbocycles. The second kappa shape index (κ2) is 7.59. The number of nitrogens with zero attached hydrogens (tertiary/aromatic N) is 1. The molecule has 3 N–H and O–H groups in total. The number of anilines is 1. The number of fused-ring (bicyclic) bond motifs is 1. The second-order valence-electron chi connectivity index (χ2n) is 6.81. The zero-order valence-electron chi connectivity index (χ0n) is 14.7. The van der Waals surface area contributed by atoms with Crippen molar-refractivity contribution < 1.29 is 19.5 Å². The van der Waals surface area contributed by atoms with E-state index in [-0.39, 0.29) is 24.3 Å². The number of carbonyl (C=O) groups excluding carboxylic acids is 2. The molecule has 1 aromatic carbocycles. The molecule has 1 saturated carbocycles. The molecular formula is C19H23N3O4. The Morgan fingerprint density at radius 3 is 2.65 bits per heavy atom. The van der Waals surface area contributed by atoms with Crippen molar-refractivity contribution in [3.63, 3.8) is 0 Å². The molecule has 0 spiro atoms. The third kappa shape index (κ3) is 4.04. The van der Waals surface area contributed by atoms with Gasteiger partial charge in [0, 0.05) is 28.7 Å². The summed E-state index contributed by atoms with van der Waals surface area (Å²) in [4.78, 5) is 35.3. The molecule has 138 valence electrons. The van der Waals surface area contributed by atoms with Gasteiger partial charge in [0.05, 0.1) is 0 Å². The Balaban J connectivity index is 1.63. The van der Waals surface area contributed by atoms with Gasteiger partial charge in [-0.15, -0.1) is 0 Å². The largest absolute Gasteiger partial charge is 0.480 e. The van der Waals surface area contributed by atoms with E-state index >= 15 is 0 Å². The average molecular weight is 357 g/mol. The van der Waals surface area contributed by atoms with E-state index in [2.05, 4.69) is 10.6 Å². The SMILES string of the molecule is CC(NC(=O)C1CCCC1)C(=O)Nc1ccc2c(ccn2CC(=O)O)c1. The van der Waals surface area contributed by atoms with Gasteiger partial charge in [-0.25, -0.2) is 0 Å². The fourth-order valence-electron chi connectivity index (χ4n) is 3.40. The number of aromatic nitrogens is 1. The first kappa shape index (κ1) is 18.0. The summed E-state index contributed by atoms with van der Waals surface area (Å²) in [6.45, 7) is 1.56. The number of amides is 2. The average Bonchev–Trinajstić information content (AvgIpc) is 3.24. The second-order valence-corrected chi connectivity index (χ2v) is 6.81. The van der Waals surface area contributed by atoms with Crippen molar-refractivity contribution in [3.8, 4) is 0 Å². The first-order valence-electron chi connectivity index (χ1n) is 8.86. The van der Waals surface area contributed by atoms with E-state index in [1.165, 1.54) is 0 Å². The van der Waals surface area contributed by atoms with E-state index in [1.54, 1.807) is 42.0 Å². The zero-order valence-corrected chi connectivity index (χ0v) is 14.7. The lowest BCUT2D eigenvalue weighted by atomic mass is 10.1. The van der Waals surface area contributed by atoms with Crippen LogP contribution in [0.1, 0.15) is 32.6 Å². The lowest BCUT2D eigenvalue weighted by Gasteiger charge is -2.17. The molecular weight excluding hydrogens is 334 g/mol. The number of nitrogens with one attached hydrogen (secondary N) is 2. The Hall–Kier alpha value is -2.83. The van der Waals surface area contributed by atoms with E-state index in [0.29, 0.717) is 5.69 Å². The molecule has 0 bridgehead atoms. The van der Waals surface area contributed by atoms with Crippen LogP contribution in [0.4, 0.5) is 5.69 Å². The van der Waals surface area contributed by atoms with Gasteiger partial charge in [-0.2, -0.15) is 0 Å².